The minimum Gasteiger partial charge on any atom is -0.350 e. The summed E-state index contributed by atoms with van der Waals surface area (Å²) in [7, 11) is 1.69. The average molecular weight is 299 g/mol. The molecule has 0 heterocycles. The lowest BCUT2D eigenvalue weighted by atomic mass is 10.0. The summed E-state index contributed by atoms with van der Waals surface area (Å²) in [5, 5.41) is 5.54. The Labute approximate surface area is 127 Å². The Hall–Kier alpha value is -1.43. The smallest absolute Gasteiger partial charge is 0.234 e. The SMILES string of the molecule is CC(=O)C(NC(=O)CN(C)CC(=O)NC(C)(C)C)C(C)C. The molecule has 0 radical (unpaired) electrons. The molecule has 1 unspecified atom stereocenters. The number of ketones is 1. The number of hydrogen-bond donors (Lipinski definition) is 2. The van der Waals surface area contributed by atoms with Crippen LogP contribution in [-0.2, 0) is 14.4 Å². The highest BCUT2D eigenvalue weighted by Gasteiger charge is 2.22. The predicted octanol–water partition coefficient (Wildman–Crippen LogP) is 0.563. The molecule has 0 saturated heterocycles. The quantitative estimate of drug-likeness (QED) is 0.720. The van der Waals surface area contributed by atoms with Crippen LogP contribution in [0, 0.1) is 5.92 Å². The summed E-state index contributed by atoms with van der Waals surface area (Å²) in [4.78, 5) is 36.7. The predicted molar refractivity (Wildman–Crippen MR) is 82.8 cm³/mol. The van der Waals surface area contributed by atoms with E-state index in [-0.39, 0.29) is 42.1 Å². The van der Waals surface area contributed by atoms with E-state index >= 15 is 0 Å². The molecule has 122 valence electrons. The number of nitrogens with one attached hydrogen (secondary N) is 2. The van der Waals surface area contributed by atoms with E-state index in [2.05, 4.69) is 10.6 Å². The fourth-order valence-corrected chi connectivity index (χ4v) is 1.96. The minimum absolute atomic E-state index is 0.0425. The fraction of sp³-hybridized carbons (Fsp3) is 0.800. The zero-order valence-electron chi connectivity index (χ0n) is 14.2. The number of Topliss-reactive ketones (excluding diaryl/α,β-unsaturated/α-hetero) is 1. The normalized spacial score (nSPS) is 13.2. The summed E-state index contributed by atoms with van der Waals surface area (Å²) >= 11 is 0. The van der Waals surface area contributed by atoms with Gasteiger partial charge < -0.3 is 10.6 Å². The van der Waals surface area contributed by atoms with Crippen molar-refractivity contribution in [2.24, 2.45) is 5.92 Å². The monoisotopic (exact) mass is 299 g/mol. The molecule has 0 aliphatic carbocycles. The molecule has 0 rings (SSSR count). The molecule has 0 spiro atoms. The van der Waals surface area contributed by atoms with E-state index in [4.69, 9.17) is 0 Å². The van der Waals surface area contributed by atoms with Crippen LogP contribution in [0.25, 0.3) is 0 Å². The maximum atomic E-state index is 11.9. The number of nitrogens with zero attached hydrogens (tertiary/aromatic N) is 1. The molecule has 0 bridgehead atoms. The van der Waals surface area contributed by atoms with Crippen LogP contribution in [0.4, 0.5) is 0 Å². The summed E-state index contributed by atoms with van der Waals surface area (Å²) in [6.45, 7) is 11.1. The van der Waals surface area contributed by atoms with Gasteiger partial charge in [0.1, 0.15) is 0 Å². The molecule has 0 aromatic carbocycles. The van der Waals surface area contributed by atoms with Crippen molar-refractivity contribution in [2.75, 3.05) is 20.1 Å². The zero-order chi connectivity index (χ0) is 16.8. The van der Waals surface area contributed by atoms with Gasteiger partial charge in [0.15, 0.2) is 5.78 Å². The van der Waals surface area contributed by atoms with Crippen LogP contribution >= 0.6 is 0 Å². The van der Waals surface area contributed by atoms with Gasteiger partial charge in [-0.25, -0.2) is 0 Å². The Morgan fingerprint density at radius 1 is 1.05 bits per heavy atom. The first-order valence-electron chi connectivity index (χ1n) is 7.21. The van der Waals surface area contributed by atoms with Crippen LogP contribution in [0.15, 0.2) is 0 Å². The van der Waals surface area contributed by atoms with Gasteiger partial charge in [-0.3, -0.25) is 19.3 Å². The summed E-state index contributed by atoms with van der Waals surface area (Å²) in [6, 6.07) is -0.477. The van der Waals surface area contributed by atoms with E-state index in [1.807, 2.05) is 34.6 Å². The maximum absolute atomic E-state index is 11.9. The molecule has 21 heavy (non-hydrogen) atoms. The van der Waals surface area contributed by atoms with E-state index in [1.54, 1.807) is 11.9 Å². The van der Waals surface area contributed by atoms with Crippen LogP contribution in [0.1, 0.15) is 41.5 Å². The van der Waals surface area contributed by atoms with Crippen molar-refractivity contribution in [1.29, 1.82) is 0 Å². The Bertz CT molecular complexity index is 386. The molecule has 0 aromatic rings. The molecular weight excluding hydrogens is 270 g/mol. The third-order valence-corrected chi connectivity index (χ3v) is 2.76. The van der Waals surface area contributed by atoms with Gasteiger partial charge in [-0.15, -0.1) is 0 Å². The molecular formula is C15H29N3O3. The molecule has 0 aliphatic rings. The Morgan fingerprint density at radius 3 is 1.90 bits per heavy atom. The lowest BCUT2D eigenvalue weighted by Crippen LogP contribution is -2.49. The van der Waals surface area contributed by atoms with Gasteiger partial charge in [-0.05, 0) is 40.7 Å². The molecule has 6 heteroatoms. The molecule has 0 aliphatic heterocycles. The standard InChI is InChI=1S/C15H29N3O3/c1-10(2)14(11(3)19)16-12(20)8-18(7)9-13(21)17-15(4,5)6/h10,14H,8-9H2,1-7H3,(H,16,20)(H,17,21). The highest BCUT2D eigenvalue weighted by Crippen LogP contribution is 2.03. The number of hydrogen-bond acceptors (Lipinski definition) is 4. The first-order valence-corrected chi connectivity index (χ1v) is 7.21. The lowest BCUT2D eigenvalue weighted by Gasteiger charge is -2.24. The lowest BCUT2D eigenvalue weighted by molar-refractivity contribution is -0.129. The maximum Gasteiger partial charge on any atom is 0.234 e. The Kier molecular flexibility index (Phi) is 7.57. The van der Waals surface area contributed by atoms with Gasteiger partial charge in [-0.2, -0.15) is 0 Å². The van der Waals surface area contributed by atoms with Gasteiger partial charge in [0.05, 0.1) is 19.1 Å². The van der Waals surface area contributed by atoms with Crippen LogP contribution in [-0.4, -0.2) is 54.2 Å². The van der Waals surface area contributed by atoms with Gasteiger partial charge >= 0.3 is 0 Å². The van der Waals surface area contributed by atoms with Crippen molar-refractivity contribution in [1.82, 2.24) is 15.5 Å². The van der Waals surface area contributed by atoms with Crippen LogP contribution in [0.3, 0.4) is 0 Å². The van der Waals surface area contributed by atoms with Gasteiger partial charge in [0.2, 0.25) is 11.8 Å². The summed E-state index contributed by atoms with van der Waals surface area (Å²) < 4.78 is 0. The molecule has 0 fully saturated rings. The van der Waals surface area contributed by atoms with Crippen molar-refractivity contribution < 1.29 is 14.4 Å². The second-order valence-electron chi connectivity index (χ2n) is 6.87. The summed E-state index contributed by atoms with van der Waals surface area (Å²) in [5.74, 6) is -0.410. The Balaban J connectivity index is 4.32. The molecule has 1 atom stereocenters. The number of rotatable bonds is 7. The topological polar surface area (TPSA) is 78.5 Å². The highest BCUT2D eigenvalue weighted by atomic mass is 16.2. The van der Waals surface area contributed by atoms with E-state index in [0.29, 0.717) is 0 Å². The third-order valence-electron chi connectivity index (χ3n) is 2.76. The molecule has 0 saturated carbocycles. The largest absolute Gasteiger partial charge is 0.350 e. The fourth-order valence-electron chi connectivity index (χ4n) is 1.96. The van der Waals surface area contributed by atoms with Gasteiger partial charge in [0.25, 0.3) is 0 Å². The van der Waals surface area contributed by atoms with Gasteiger partial charge in [-0.1, -0.05) is 13.8 Å². The molecule has 2 N–H and O–H groups in total. The van der Waals surface area contributed by atoms with Crippen molar-refractivity contribution in [3.63, 3.8) is 0 Å². The van der Waals surface area contributed by atoms with E-state index < -0.39 is 6.04 Å². The number of likely N-dealkylation sites (N-methyl/N-ethyl adjacent to an activating group) is 1. The van der Waals surface area contributed by atoms with Crippen molar-refractivity contribution in [3.05, 3.63) is 0 Å². The Morgan fingerprint density at radius 2 is 1.52 bits per heavy atom. The molecule has 6 nitrogen and oxygen atoms in total. The number of carbonyl (C=O) groups is 3. The van der Waals surface area contributed by atoms with Crippen molar-refractivity contribution in [3.8, 4) is 0 Å². The van der Waals surface area contributed by atoms with Crippen molar-refractivity contribution in [2.45, 2.75) is 53.1 Å². The third kappa shape index (κ3) is 9.18. The van der Waals surface area contributed by atoms with E-state index in [1.165, 1.54) is 6.92 Å². The van der Waals surface area contributed by atoms with Crippen LogP contribution < -0.4 is 10.6 Å². The summed E-state index contributed by atoms with van der Waals surface area (Å²) in [6.07, 6.45) is 0. The van der Waals surface area contributed by atoms with Crippen molar-refractivity contribution >= 4 is 17.6 Å². The van der Waals surface area contributed by atoms with E-state index in [9.17, 15) is 14.4 Å². The van der Waals surface area contributed by atoms with Crippen LogP contribution in [0.5, 0.6) is 0 Å². The number of amides is 2. The first-order chi connectivity index (χ1) is 9.42. The molecule has 0 aromatic heterocycles. The highest BCUT2D eigenvalue weighted by molar-refractivity contribution is 5.88. The van der Waals surface area contributed by atoms with Crippen LogP contribution in [0.2, 0.25) is 0 Å². The molecule has 2 amide bonds. The van der Waals surface area contributed by atoms with Gasteiger partial charge in [0, 0.05) is 5.54 Å². The van der Waals surface area contributed by atoms with E-state index in [0.717, 1.165) is 0 Å². The second-order valence-corrected chi connectivity index (χ2v) is 6.87. The zero-order valence-corrected chi connectivity index (χ0v) is 14.2. The summed E-state index contributed by atoms with van der Waals surface area (Å²) in [5.41, 5.74) is -0.294. The first kappa shape index (κ1) is 19.6. The average Bonchev–Trinajstić information content (AvgIpc) is 2.21. The minimum atomic E-state index is -0.477. The second kappa shape index (κ2) is 8.12. The number of carbonyl (C=O) groups excluding carboxylic acids is 3.